The first kappa shape index (κ1) is 20.7. The van der Waals surface area contributed by atoms with Crippen LogP contribution >= 0.6 is 0 Å². The number of ether oxygens (including phenoxy) is 1. The van der Waals surface area contributed by atoms with E-state index in [2.05, 4.69) is 20.0 Å². The van der Waals surface area contributed by atoms with Crippen molar-refractivity contribution in [3.63, 3.8) is 0 Å². The van der Waals surface area contributed by atoms with Crippen molar-refractivity contribution in [3.05, 3.63) is 52.4 Å². The number of nitrogens with two attached hydrogens (primary N) is 1. The summed E-state index contributed by atoms with van der Waals surface area (Å²) in [6.07, 6.45) is -0.740. The Kier molecular flexibility index (Phi) is 6.12. The molecule has 2 aromatic rings. The number of hydrogen-bond acceptors (Lipinski definition) is 5. The number of alkyl halides is 3. The van der Waals surface area contributed by atoms with E-state index in [-0.39, 0.29) is 35.0 Å². The van der Waals surface area contributed by atoms with E-state index >= 15 is 0 Å². The van der Waals surface area contributed by atoms with Crippen LogP contribution in [-0.2, 0) is 0 Å². The molecular formula is C19H21F3N4O3. The van der Waals surface area contributed by atoms with Gasteiger partial charge in [-0.3, -0.25) is 4.79 Å². The standard InChI is InChI=1S/C19H21F3N4O3/c20-19(21,22)29-14-7-3-12(4-8-14)26-17(23)16-15(9-10-24-18(16)28)25-11-1-5-13(27)6-2-11/h3-4,7-11,13,27H,1-2,5-6H2,(H2,23,26)(H2,24,25,28). The van der Waals surface area contributed by atoms with Crippen LogP contribution in [0.5, 0.6) is 5.75 Å². The number of halogens is 3. The van der Waals surface area contributed by atoms with Gasteiger partial charge < -0.3 is 25.9 Å². The summed E-state index contributed by atoms with van der Waals surface area (Å²) in [4.78, 5) is 19.0. The summed E-state index contributed by atoms with van der Waals surface area (Å²) in [6.45, 7) is 0. The van der Waals surface area contributed by atoms with Crippen molar-refractivity contribution in [2.24, 2.45) is 10.7 Å². The highest BCUT2D eigenvalue weighted by Crippen LogP contribution is 2.26. The molecule has 0 spiro atoms. The summed E-state index contributed by atoms with van der Waals surface area (Å²) in [5.74, 6) is -0.455. The topological polar surface area (TPSA) is 113 Å². The molecule has 10 heteroatoms. The zero-order valence-corrected chi connectivity index (χ0v) is 15.4. The van der Waals surface area contributed by atoms with E-state index in [9.17, 15) is 23.1 Å². The third-order valence-electron chi connectivity index (χ3n) is 4.59. The summed E-state index contributed by atoms with van der Waals surface area (Å²) < 4.78 is 40.6. The number of aliphatic imine (C=N–C) groups is 1. The Labute approximate surface area is 164 Å². The molecule has 1 saturated carbocycles. The third kappa shape index (κ3) is 5.74. The van der Waals surface area contributed by atoms with Crippen molar-refractivity contribution < 1.29 is 23.0 Å². The van der Waals surface area contributed by atoms with Gasteiger partial charge in [0, 0.05) is 12.2 Å². The third-order valence-corrected chi connectivity index (χ3v) is 4.59. The number of amidine groups is 1. The number of pyridine rings is 1. The number of aromatic nitrogens is 1. The van der Waals surface area contributed by atoms with Crippen LogP contribution in [-0.4, -0.2) is 34.4 Å². The number of H-pyrrole nitrogens is 1. The second-order valence-corrected chi connectivity index (χ2v) is 6.78. The fourth-order valence-electron chi connectivity index (χ4n) is 3.21. The average Bonchev–Trinajstić information content (AvgIpc) is 2.64. The van der Waals surface area contributed by atoms with E-state index in [4.69, 9.17) is 5.73 Å². The van der Waals surface area contributed by atoms with Gasteiger partial charge >= 0.3 is 6.36 Å². The van der Waals surface area contributed by atoms with Gasteiger partial charge in [-0.25, -0.2) is 4.99 Å². The highest BCUT2D eigenvalue weighted by atomic mass is 19.4. The zero-order valence-electron chi connectivity index (χ0n) is 15.4. The number of nitrogens with one attached hydrogen (secondary N) is 2. The fourth-order valence-corrected chi connectivity index (χ4v) is 3.21. The van der Waals surface area contributed by atoms with Crippen LogP contribution in [0, 0.1) is 0 Å². The molecule has 0 bridgehead atoms. The normalized spacial score (nSPS) is 20.3. The van der Waals surface area contributed by atoms with Crippen LogP contribution in [0.15, 0.2) is 46.3 Å². The number of rotatable bonds is 5. The Morgan fingerprint density at radius 1 is 1.17 bits per heavy atom. The molecule has 3 rings (SSSR count). The van der Waals surface area contributed by atoms with Gasteiger partial charge in [0.2, 0.25) is 0 Å². The van der Waals surface area contributed by atoms with Gasteiger partial charge in [0.25, 0.3) is 5.56 Å². The summed E-state index contributed by atoms with van der Waals surface area (Å²) in [7, 11) is 0. The first-order valence-corrected chi connectivity index (χ1v) is 9.08. The van der Waals surface area contributed by atoms with E-state index in [0.717, 1.165) is 25.0 Å². The molecule has 0 atom stereocenters. The van der Waals surface area contributed by atoms with Crippen LogP contribution in [0.2, 0.25) is 0 Å². The fraction of sp³-hybridized carbons (Fsp3) is 0.368. The molecule has 0 amide bonds. The van der Waals surface area contributed by atoms with E-state index in [1.54, 1.807) is 6.07 Å². The predicted molar refractivity (Wildman–Crippen MR) is 102 cm³/mol. The minimum atomic E-state index is -4.78. The maximum Gasteiger partial charge on any atom is 0.573 e. The highest BCUT2D eigenvalue weighted by Gasteiger charge is 2.31. The van der Waals surface area contributed by atoms with Gasteiger partial charge in [-0.15, -0.1) is 13.2 Å². The Hall–Kier alpha value is -3.01. The maximum absolute atomic E-state index is 12.3. The second kappa shape index (κ2) is 8.56. The number of aliphatic hydroxyl groups excluding tert-OH is 1. The van der Waals surface area contributed by atoms with Gasteiger partial charge in [0.15, 0.2) is 0 Å². The van der Waals surface area contributed by atoms with E-state index in [0.29, 0.717) is 18.5 Å². The molecule has 1 fully saturated rings. The molecule has 1 aliphatic rings. The molecule has 0 radical (unpaired) electrons. The largest absolute Gasteiger partial charge is 0.573 e. The molecule has 29 heavy (non-hydrogen) atoms. The van der Waals surface area contributed by atoms with Crippen molar-refractivity contribution in [2.75, 3.05) is 5.32 Å². The first-order valence-electron chi connectivity index (χ1n) is 9.08. The highest BCUT2D eigenvalue weighted by molar-refractivity contribution is 6.03. The Morgan fingerprint density at radius 3 is 2.45 bits per heavy atom. The number of aromatic amines is 1. The number of anilines is 1. The quantitative estimate of drug-likeness (QED) is 0.447. The number of hydrogen-bond donors (Lipinski definition) is 4. The van der Waals surface area contributed by atoms with Crippen LogP contribution in [0.3, 0.4) is 0 Å². The van der Waals surface area contributed by atoms with Crippen LogP contribution < -0.4 is 21.3 Å². The first-order chi connectivity index (χ1) is 13.7. The van der Waals surface area contributed by atoms with E-state index in [1.807, 2.05) is 0 Å². The SMILES string of the molecule is NC(=Nc1ccc(OC(F)(F)F)cc1)c1c(NC2CCC(O)CC2)cc[nH]c1=O. The minimum Gasteiger partial charge on any atom is -0.406 e. The second-order valence-electron chi connectivity index (χ2n) is 6.78. The monoisotopic (exact) mass is 410 g/mol. The molecule has 7 nitrogen and oxygen atoms in total. The Morgan fingerprint density at radius 2 is 1.83 bits per heavy atom. The molecular weight excluding hydrogens is 389 g/mol. The summed E-state index contributed by atoms with van der Waals surface area (Å²) >= 11 is 0. The van der Waals surface area contributed by atoms with Gasteiger partial charge in [0.1, 0.15) is 17.1 Å². The van der Waals surface area contributed by atoms with Crippen molar-refractivity contribution in [1.29, 1.82) is 0 Å². The van der Waals surface area contributed by atoms with Gasteiger partial charge in [-0.1, -0.05) is 0 Å². The summed E-state index contributed by atoms with van der Waals surface area (Å²) in [5, 5.41) is 12.9. The molecule has 1 aromatic carbocycles. The van der Waals surface area contributed by atoms with Gasteiger partial charge in [-0.05, 0) is 56.0 Å². The van der Waals surface area contributed by atoms with Crippen LogP contribution in [0.4, 0.5) is 24.5 Å². The average molecular weight is 410 g/mol. The molecule has 156 valence electrons. The molecule has 1 aliphatic carbocycles. The number of benzene rings is 1. The number of nitrogens with zero attached hydrogens (tertiary/aromatic N) is 1. The lowest BCUT2D eigenvalue weighted by Gasteiger charge is -2.27. The predicted octanol–water partition coefficient (Wildman–Crippen LogP) is 3.03. The zero-order chi connectivity index (χ0) is 21.0. The molecule has 0 aliphatic heterocycles. The van der Waals surface area contributed by atoms with Gasteiger partial charge in [0.05, 0.1) is 17.5 Å². The molecule has 1 heterocycles. The van der Waals surface area contributed by atoms with E-state index in [1.165, 1.54) is 18.3 Å². The Balaban J connectivity index is 1.81. The van der Waals surface area contributed by atoms with Crippen LogP contribution in [0.25, 0.3) is 0 Å². The molecule has 5 N–H and O–H groups in total. The minimum absolute atomic E-state index is 0.0744. The van der Waals surface area contributed by atoms with Crippen molar-refractivity contribution in [2.45, 2.75) is 44.2 Å². The lowest BCUT2D eigenvalue weighted by Crippen LogP contribution is -2.32. The van der Waals surface area contributed by atoms with E-state index < -0.39 is 11.9 Å². The maximum atomic E-state index is 12.3. The lowest BCUT2D eigenvalue weighted by molar-refractivity contribution is -0.274. The molecule has 0 saturated heterocycles. The van der Waals surface area contributed by atoms with Crippen molar-refractivity contribution in [1.82, 2.24) is 4.98 Å². The molecule has 1 aromatic heterocycles. The van der Waals surface area contributed by atoms with Gasteiger partial charge in [-0.2, -0.15) is 0 Å². The summed E-state index contributed by atoms with van der Waals surface area (Å²) in [5.41, 5.74) is 6.52. The smallest absolute Gasteiger partial charge is 0.406 e. The Bertz CT molecular complexity index is 918. The van der Waals surface area contributed by atoms with Crippen molar-refractivity contribution >= 4 is 17.2 Å². The van der Waals surface area contributed by atoms with Crippen molar-refractivity contribution in [3.8, 4) is 5.75 Å². The van der Waals surface area contributed by atoms with Crippen LogP contribution in [0.1, 0.15) is 31.2 Å². The number of aliphatic hydroxyl groups is 1. The molecule has 0 unspecified atom stereocenters. The summed E-state index contributed by atoms with van der Waals surface area (Å²) in [6, 6.07) is 6.60. The lowest BCUT2D eigenvalue weighted by atomic mass is 9.93.